The van der Waals surface area contributed by atoms with Crippen LogP contribution in [-0.2, 0) is 4.79 Å². The molecule has 0 aliphatic heterocycles. The van der Waals surface area contributed by atoms with Crippen molar-refractivity contribution in [3.63, 3.8) is 0 Å². The lowest BCUT2D eigenvalue weighted by Crippen LogP contribution is -2.06. The highest BCUT2D eigenvalue weighted by atomic mass is 35.5. The number of hydrogen-bond acceptors (Lipinski definition) is 2. The third-order valence-electron chi connectivity index (χ3n) is 3.73. The highest BCUT2D eigenvalue weighted by Gasteiger charge is 2.31. The lowest BCUT2D eigenvalue weighted by molar-refractivity contribution is -0.137. The Bertz CT molecular complexity index is 767. The van der Waals surface area contributed by atoms with Gasteiger partial charge in [-0.15, -0.1) is 0 Å². The first kappa shape index (κ1) is 13.6. The van der Waals surface area contributed by atoms with Gasteiger partial charge in [-0.2, -0.15) is 0 Å². The van der Waals surface area contributed by atoms with Gasteiger partial charge in [0.25, 0.3) is 0 Å². The number of carboxylic acid groups (broad SMARTS) is 2. The molecule has 21 heavy (non-hydrogen) atoms. The second kappa shape index (κ2) is 4.90. The molecule has 2 N–H and O–H groups in total. The predicted octanol–water partition coefficient (Wildman–Crippen LogP) is 3.63. The summed E-state index contributed by atoms with van der Waals surface area (Å²) in [6.07, 6.45) is -0.0938. The Kier molecular flexibility index (Phi) is 3.18. The van der Waals surface area contributed by atoms with Gasteiger partial charge in [0, 0.05) is 10.9 Å². The van der Waals surface area contributed by atoms with Crippen LogP contribution in [0, 0.1) is 0 Å². The van der Waals surface area contributed by atoms with Crippen LogP contribution in [0.25, 0.3) is 11.1 Å². The fourth-order valence-corrected chi connectivity index (χ4v) is 3.04. The van der Waals surface area contributed by atoms with Gasteiger partial charge in [0.05, 0.1) is 12.0 Å². The van der Waals surface area contributed by atoms with Gasteiger partial charge in [0.1, 0.15) is 0 Å². The normalized spacial score (nSPS) is 15.4. The summed E-state index contributed by atoms with van der Waals surface area (Å²) in [4.78, 5) is 22.2. The number of fused-ring (bicyclic) bond motifs is 3. The molecule has 0 saturated heterocycles. The Morgan fingerprint density at radius 3 is 2.24 bits per heavy atom. The van der Waals surface area contributed by atoms with E-state index in [1.807, 2.05) is 6.07 Å². The summed E-state index contributed by atoms with van der Waals surface area (Å²) < 4.78 is 0. The van der Waals surface area contributed by atoms with Crippen molar-refractivity contribution in [1.82, 2.24) is 0 Å². The minimum absolute atomic E-state index is 0.0938. The topological polar surface area (TPSA) is 74.6 Å². The van der Waals surface area contributed by atoms with Crippen molar-refractivity contribution in [3.8, 4) is 11.1 Å². The fraction of sp³-hybridized carbons (Fsp3) is 0.125. The van der Waals surface area contributed by atoms with Crippen LogP contribution in [0.3, 0.4) is 0 Å². The van der Waals surface area contributed by atoms with Crippen molar-refractivity contribution >= 4 is 23.5 Å². The van der Waals surface area contributed by atoms with Crippen LogP contribution in [0.5, 0.6) is 0 Å². The van der Waals surface area contributed by atoms with E-state index in [-0.39, 0.29) is 17.9 Å². The highest BCUT2D eigenvalue weighted by Crippen LogP contribution is 2.47. The van der Waals surface area contributed by atoms with E-state index in [1.165, 1.54) is 6.07 Å². The fourth-order valence-electron chi connectivity index (χ4n) is 2.86. The van der Waals surface area contributed by atoms with E-state index in [0.29, 0.717) is 5.02 Å². The van der Waals surface area contributed by atoms with Crippen LogP contribution >= 0.6 is 11.6 Å². The molecule has 1 aliphatic rings. The van der Waals surface area contributed by atoms with Crippen molar-refractivity contribution < 1.29 is 19.8 Å². The van der Waals surface area contributed by atoms with E-state index in [2.05, 4.69) is 0 Å². The molecular weight excluding hydrogens is 292 g/mol. The number of carboxylic acids is 2. The third-order valence-corrected chi connectivity index (χ3v) is 3.97. The summed E-state index contributed by atoms with van der Waals surface area (Å²) in [5.41, 5.74) is 3.51. The molecule has 0 bridgehead atoms. The van der Waals surface area contributed by atoms with Crippen LogP contribution in [0.15, 0.2) is 36.4 Å². The van der Waals surface area contributed by atoms with Gasteiger partial charge in [-0.1, -0.05) is 23.7 Å². The molecule has 2 aromatic rings. The summed E-state index contributed by atoms with van der Waals surface area (Å²) in [7, 11) is 0. The summed E-state index contributed by atoms with van der Waals surface area (Å²) >= 11 is 6.01. The first-order chi connectivity index (χ1) is 9.97. The Hall–Kier alpha value is -2.33. The number of hydrogen-bond donors (Lipinski definition) is 2. The molecule has 1 unspecified atom stereocenters. The van der Waals surface area contributed by atoms with Crippen molar-refractivity contribution in [1.29, 1.82) is 0 Å². The summed E-state index contributed by atoms with van der Waals surface area (Å²) in [6.45, 7) is 0. The number of halogens is 1. The molecule has 0 radical (unpaired) electrons. The first-order valence-corrected chi connectivity index (χ1v) is 6.74. The quantitative estimate of drug-likeness (QED) is 0.908. The Labute approximate surface area is 125 Å². The molecule has 106 valence electrons. The Morgan fingerprint density at radius 2 is 1.62 bits per heavy atom. The van der Waals surface area contributed by atoms with E-state index in [0.717, 1.165) is 22.3 Å². The predicted molar refractivity (Wildman–Crippen MR) is 77.9 cm³/mol. The SMILES string of the molecule is O=C(O)CC1c2cc(Cl)ccc2-c2ccc(C(=O)O)cc21. The number of aliphatic carboxylic acids is 1. The van der Waals surface area contributed by atoms with Crippen molar-refractivity contribution in [2.75, 3.05) is 0 Å². The minimum atomic E-state index is -1.03. The smallest absolute Gasteiger partial charge is 0.335 e. The van der Waals surface area contributed by atoms with Gasteiger partial charge in [-0.25, -0.2) is 4.79 Å². The van der Waals surface area contributed by atoms with Crippen LogP contribution < -0.4 is 0 Å². The van der Waals surface area contributed by atoms with Gasteiger partial charge in [-0.05, 0) is 46.5 Å². The minimum Gasteiger partial charge on any atom is -0.481 e. The van der Waals surface area contributed by atoms with Crippen LogP contribution in [-0.4, -0.2) is 22.2 Å². The van der Waals surface area contributed by atoms with E-state index >= 15 is 0 Å². The van der Waals surface area contributed by atoms with Crippen molar-refractivity contribution in [3.05, 3.63) is 58.1 Å². The zero-order valence-corrected chi connectivity index (χ0v) is 11.6. The molecule has 4 nitrogen and oxygen atoms in total. The average Bonchev–Trinajstić information content (AvgIpc) is 2.71. The molecular formula is C16H11ClO4. The van der Waals surface area contributed by atoms with Gasteiger partial charge >= 0.3 is 11.9 Å². The molecule has 0 saturated carbocycles. The third kappa shape index (κ3) is 2.28. The molecule has 3 rings (SSSR count). The maximum atomic E-state index is 11.1. The van der Waals surface area contributed by atoms with E-state index < -0.39 is 11.9 Å². The lowest BCUT2D eigenvalue weighted by Gasteiger charge is -2.11. The largest absolute Gasteiger partial charge is 0.481 e. The molecule has 0 spiro atoms. The van der Waals surface area contributed by atoms with Crippen molar-refractivity contribution in [2.24, 2.45) is 0 Å². The average molecular weight is 303 g/mol. The molecule has 0 aromatic heterocycles. The van der Waals surface area contributed by atoms with E-state index in [9.17, 15) is 9.59 Å². The number of carbonyl (C=O) groups is 2. The molecule has 0 amide bonds. The second-order valence-corrected chi connectivity index (χ2v) is 5.43. The number of benzene rings is 2. The van der Waals surface area contributed by atoms with Gasteiger partial charge in [-0.3, -0.25) is 4.79 Å². The zero-order valence-electron chi connectivity index (χ0n) is 10.8. The number of aromatic carboxylic acids is 1. The van der Waals surface area contributed by atoms with Crippen LogP contribution in [0.2, 0.25) is 5.02 Å². The molecule has 2 aromatic carbocycles. The van der Waals surface area contributed by atoms with Crippen LogP contribution in [0.4, 0.5) is 0 Å². The standard InChI is InChI=1S/C16H11ClO4/c17-9-2-4-11-10-3-1-8(16(20)21)5-12(10)14(7-15(18)19)13(11)6-9/h1-6,14H,7H2,(H,18,19)(H,20,21). The maximum Gasteiger partial charge on any atom is 0.335 e. The van der Waals surface area contributed by atoms with E-state index in [4.69, 9.17) is 21.8 Å². The van der Waals surface area contributed by atoms with Gasteiger partial charge in [0.15, 0.2) is 0 Å². The monoisotopic (exact) mass is 302 g/mol. The summed E-state index contributed by atoms with van der Waals surface area (Å²) in [5, 5.41) is 18.8. The molecule has 1 aliphatic carbocycles. The zero-order chi connectivity index (χ0) is 15.1. The van der Waals surface area contributed by atoms with Crippen molar-refractivity contribution in [2.45, 2.75) is 12.3 Å². The van der Waals surface area contributed by atoms with Gasteiger partial charge in [0.2, 0.25) is 0 Å². The molecule has 0 fully saturated rings. The van der Waals surface area contributed by atoms with E-state index in [1.54, 1.807) is 24.3 Å². The molecule has 5 heteroatoms. The first-order valence-electron chi connectivity index (χ1n) is 6.36. The number of rotatable bonds is 3. The Balaban J connectivity index is 2.21. The van der Waals surface area contributed by atoms with Gasteiger partial charge < -0.3 is 10.2 Å². The molecule has 0 heterocycles. The summed E-state index contributed by atoms with van der Waals surface area (Å²) in [5.74, 6) is -2.33. The second-order valence-electron chi connectivity index (χ2n) is 4.99. The summed E-state index contributed by atoms with van der Waals surface area (Å²) in [6, 6.07) is 10.2. The highest BCUT2D eigenvalue weighted by molar-refractivity contribution is 6.30. The molecule has 1 atom stereocenters. The Morgan fingerprint density at radius 1 is 1.00 bits per heavy atom. The lowest BCUT2D eigenvalue weighted by atomic mass is 9.93. The maximum absolute atomic E-state index is 11.1. The van der Waals surface area contributed by atoms with Crippen LogP contribution in [0.1, 0.15) is 33.8 Å².